The number of benzene rings is 1. The standard InChI is InChI=1S/C14H20N2O/c1-9-7-12(15)13(8-10(9)2)16-14(17)11-5-3-4-6-11/h7-8,11H,3-6,15H2,1-2H3,(H,16,17). The van der Waals surface area contributed by atoms with Crippen molar-refractivity contribution in [2.24, 2.45) is 5.92 Å². The largest absolute Gasteiger partial charge is 0.397 e. The number of hydrogen-bond acceptors (Lipinski definition) is 2. The zero-order chi connectivity index (χ0) is 12.4. The third kappa shape index (κ3) is 2.60. The molecule has 17 heavy (non-hydrogen) atoms. The van der Waals surface area contributed by atoms with Gasteiger partial charge in [-0.1, -0.05) is 12.8 Å². The predicted molar refractivity (Wildman–Crippen MR) is 70.9 cm³/mol. The van der Waals surface area contributed by atoms with Gasteiger partial charge in [-0.25, -0.2) is 0 Å². The molecule has 0 atom stereocenters. The van der Waals surface area contributed by atoms with Gasteiger partial charge in [-0.2, -0.15) is 0 Å². The van der Waals surface area contributed by atoms with Crippen LogP contribution in [-0.4, -0.2) is 5.91 Å². The van der Waals surface area contributed by atoms with Crippen molar-refractivity contribution in [3.05, 3.63) is 23.3 Å². The van der Waals surface area contributed by atoms with Crippen molar-refractivity contribution in [2.45, 2.75) is 39.5 Å². The second kappa shape index (κ2) is 4.78. The van der Waals surface area contributed by atoms with Crippen LogP contribution >= 0.6 is 0 Å². The average Bonchev–Trinajstić information content (AvgIpc) is 2.79. The molecule has 1 aromatic rings. The first-order valence-electron chi connectivity index (χ1n) is 6.25. The van der Waals surface area contributed by atoms with E-state index >= 15 is 0 Å². The first-order chi connectivity index (χ1) is 8.08. The molecule has 0 saturated heterocycles. The minimum atomic E-state index is 0.123. The van der Waals surface area contributed by atoms with E-state index in [-0.39, 0.29) is 11.8 Å². The fraction of sp³-hybridized carbons (Fsp3) is 0.500. The lowest BCUT2D eigenvalue weighted by Gasteiger charge is -2.14. The lowest BCUT2D eigenvalue weighted by Crippen LogP contribution is -2.21. The van der Waals surface area contributed by atoms with E-state index < -0.39 is 0 Å². The van der Waals surface area contributed by atoms with Crippen molar-refractivity contribution in [1.82, 2.24) is 0 Å². The Bertz CT molecular complexity index is 434. The maximum Gasteiger partial charge on any atom is 0.227 e. The van der Waals surface area contributed by atoms with Gasteiger partial charge in [0.05, 0.1) is 11.4 Å². The average molecular weight is 232 g/mol. The summed E-state index contributed by atoms with van der Waals surface area (Å²) < 4.78 is 0. The van der Waals surface area contributed by atoms with Crippen molar-refractivity contribution < 1.29 is 4.79 Å². The maximum absolute atomic E-state index is 12.0. The molecule has 0 radical (unpaired) electrons. The molecule has 1 aliphatic carbocycles. The molecule has 0 unspecified atom stereocenters. The molecule has 1 amide bonds. The highest BCUT2D eigenvalue weighted by atomic mass is 16.1. The fourth-order valence-electron chi connectivity index (χ4n) is 2.37. The van der Waals surface area contributed by atoms with Crippen LogP contribution in [0, 0.1) is 19.8 Å². The van der Waals surface area contributed by atoms with Crippen molar-refractivity contribution in [3.8, 4) is 0 Å². The Morgan fingerprint density at radius 3 is 2.47 bits per heavy atom. The number of nitrogens with two attached hydrogens (primary N) is 1. The second-order valence-corrected chi connectivity index (χ2v) is 4.99. The number of aryl methyl sites for hydroxylation is 2. The number of hydrogen-bond donors (Lipinski definition) is 2. The summed E-state index contributed by atoms with van der Waals surface area (Å²) in [7, 11) is 0. The van der Waals surface area contributed by atoms with E-state index in [0.717, 1.165) is 29.7 Å². The molecule has 0 spiro atoms. The molecule has 3 nitrogen and oxygen atoms in total. The van der Waals surface area contributed by atoms with Crippen LogP contribution in [0.5, 0.6) is 0 Å². The third-order valence-electron chi connectivity index (χ3n) is 3.65. The van der Waals surface area contributed by atoms with E-state index in [9.17, 15) is 4.79 Å². The van der Waals surface area contributed by atoms with Gasteiger partial charge in [-0.05, 0) is 49.9 Å². The van der Waals surface area contributed by atoms with Gasteiger partial charge in [0.25, 0.3) is 0 Å². The summed E-state index contributed by atoms with van der Waals surface area (Å²) in [6.07, 6.45) is 4.36. The number of nitrogens with one attached hydrogen (secondary N) is 1. The number of amides is 1. The molecule has 0 heterocycles. The van der Waals surface area contributed by atoms with Gasteiger partial charge in [0.1, 0.15) is 0 Å². The summed E-state index contributed by atoms with van der Waals surface area (Å²) in [6, 6.07) is 3.87. The molecular formula is C14H20N2O. The van der Waals surface area contributed by atoms with Crippen LogP contribution in [0.1, 0.15) is 36.8 Å². The topological polar surface area (TPSA) is 55.1 Å². The van der Waals surface area contributed by atoms with E-state index in [4.69, 9.17) is 5.73 Å². The summed E-state index contributed by atoms with van der Waals surface area (Å²) in [4.78, 5) is 12.0. The molecule has 0 bridgehead atoms. The highest BCUT2D eigenvalue weighted by Gasteiger charge is 2.23. The van der Waals surface area contributed by atoms with Gasteiger partial charge < -0.3 is 11.1 Å². The first-order valence-corrected chi connectivity index (χ1v) is 6.25. The van der Waals surface area contributed by atoms with E-state index in [1.807, 2.05) is 26.0 Å². The summed E-state index contributed by atoms with van der Waals surface area (Å²) in [6.45, 7) is 4.05. The molecule has 1 aromatic carbocycles. The zero-order valence-electron chi connectivity index (χ0n) is 10.5. The summed E-state index contributed by atoms with van der Waals surface area (Å²) in [5.41, 5.74) is 9.64. The number of anilines is 2. The summed E-state index contributed by atoms with van der Waals surface area (Å²) in [5.74, 6) is 0.300. The molecule has 3 heteroatoms. The molecule has 1 aliphatic rings. The van der Waals surface area contributed by atoms with Gasteiger partial charge in [-0.3, -0.25) is 4.79 Å². The molecule has 1 fully saturated rings. The molecule has 0 aliphatic heterocycles. The van der Waals surface area contributed by atoms with E-state index in [1.165, 1.54) is 12.8 Å². The summed E-state index contributed by atoms with van der Waals surface area (Å²) >= 11 is 0. The first kappa shape index (κ1) is 12.0. The van der Waals surface area contributed by atoms with Crippen LogP contribution in [0.15, 0.2) is 12.1 Å². The lowest BCUT2D eigenvalue weighted by atomic mass is 10.1. The van der Waals surface area contributed by atoms with Crippen LogP contribution < -0.4 is 11.1 Å². The summed E-state index contributed by atoms with van der Waals surface area (Å²) in [5, 5.41) is 2.96. The Morgan fingerprint density at radius 1 is 1.24 bits per heavy atom. The van der Waals surface area contributed by atoms with E-state index in [2.05, 4.69) is 5.32 Å². The third-order valence-corrected chi connectivity index (χ3v) is 3.65. The Hall–Kier alpha value is -1.51. The molecule has 3 N–H and O–H groups in total. The molecule has 2 rings (SSSR count). The van der Waals surface area contributed by atoms with Crippen LogP contribution in [0.25, 0.3) is 0 Å². The van der Waals surface area contributed by atoms with Crippen molar-refractivity contribution in [3.63, 3.8) is 0 Å². The normalized spacial score (nSPS) is 16.1. The molecule has 1 saturated carbocycles. The highest BCUT2D eigenvalue weighted by molar-refractivity contribution is 5.95. The smallest absolute Gasteiger partial charge is 0.227 e. The van der Waals surface area contributed by atoms with E-state index in [1.54, 1.807) is 0 Å². The number of carbonyl (C=O) groups excluding carboxylic acids is 1. The van der Waals surface area contributed by atoms with Crippen LogP contribution in [-0.2, 0) is 4.79 Å². The fourth-order valence-corrected chi connectivity index (χ4v) is 2.37. The Kier molecular flexibility index (Phi) is 3.36. The second-order valence-electron chi connectivity index (χ2n) is 4.99. The highest BCUT2D eigenvalue weighted by Crippen LogP contribution is 2.28. The van der Waals surface area contributed by atoms with Crippen LogP contribution in [0.2, 0.25) is 0 Å². The van der Waals surface area contributed by atoms with Crippen LogP contribution in [0.4, 0.5) is 11.4 Å². The monoisotopic (exact) mass is 232 g/mol. The van der Waals surface area contributed by atoms with Gasteiger partial charge in [0.15, 0.2) is 0 Å². The Balaban J connectivity index is 2.12. The van der Waals surface area contributed by atoms with Crippen molar-refractivity contribution >= 4 is 17.3 Å². The maximum atomic E-state index is 12.0. The van der Waals surface area contributed by atoms with Crippen molar-refractivity contribution in [2.75, 3.05) is 11.1 Å². The Labute approximate surface area is 102 Å². The molecule has 0 aromatic heterocycles. The Morgan fingerprint density at radius 2 is 1.82 bits per heavy atom. The molecule has 92 valence electrons. The minimum Gasteiger partial charge on any atom is -0.397 e. The SMILES string of the molecule is Cc1cc(N)c(NC(=O)C2CCCC2)cc1C. The van der Waals surface area contributed by atoms with Crippen LogP contribution in [0.3, 0.4) is 0 Å². The number of rotatable bonds is 2. The van der Waals surface area contributed by atoms with Gasteiger partial charge in [0.2, 0.25) is 5.91 Å². The van der Waals surface area contributed by atoms with Crippen molar-refractivity contribution in [1.29, 1.82) is 0 Å². The number of nitrogen functional groups attached to an aromatic ring is 1. The van der Waals surface area contributed by atoms with Gasteiger partial charge in [-0.15, -0.1) is 0 Å². The lowest BCUT2D eigenvalue weighted by molar-refractivity contribution is -0.119. The predicted octanol–water partition coefficient (Wildman–Crippen LogP) is 3.01. The van der Waals surface area contributed by atoms with Gasteiger partial charge >= 0.3 is 0 Å². The number of carbonyl (C=O) groups is 1. The van der Waals surface area contributed by atoms with Gasteiger partial charge in [0, 0.05) is 5.92 Å². The zero-order valence-corrected chi connectivity index (χ0v) is 10.5. The van der Waals surface area contributed by atoms with E-state index in [0.29, 0.717) is 5.69 Å². The minimum absolute atomic E-state index is 0.123. The molecular weight excluding hydrogens is 212 g/mol. The quantitative estimate of drug-likeness (QED) is 0.770.